The standard InChI is InChI=1S/C14H17BrN2S.Na.H/c1-17-6-4-10(5-7-17)8-14-16-12-9-11(15)2-3-13(12)18-14;;/h2-3,9-10H,4-8H2,1H3;;/q;+1;-1. The average Bonchev–Trinajstić information content (AvgIpc) is 2.73. The zero-order valence-electron chi connectivity index (χ0n) is 12.5. The topological polar surface area (TPSA) is 16.1 Å². The van der Waals surface area contributed by atoms with Crippen LogP contribution >= 0.6 is 27.3 Å². The summed E-state index contributed by atoms with van der Waals surface area (Å²) < 4.78 is 2.42. The number of rotatable bonds is 2. The number of hydrogen-bond acceptors (Lipinski definition) is 3. The number of halogens is 1. The first-order valence-electron chi connectivity index (χ1n) is 6.44. The molecule has 98 valence electrons. The Hall–Kier alpha value is 0.550. The Morgan fingerprint density at radius 1 is 1.42 bits per heavy atom. The normalized spacial score (nSPS) is 17.6. The third-order valence-electron chi connectivity index (χ3n) is 3.70. The van der Waals surface area contributed by atoms with Crippen LogP contribution < -0.4 is 29.6 Å². The molecular formula is C14H18BrN2NaS. The molecule has 2 nitrogen and oxygen atoms in total. The number of fused-ring (bicyclic) bond motifs is 1. The molecule has 0 radical (unpaired) electrons. The SMILES string of the molecule is CN1CCC(Cc2nc3cc(Br)ccc3s2)CC1.[H-].[Na+]. The number of piperidine rings is 1. The van der Waals surface area contributed by atoms with Crippen LogP contribution in [-0.4, -0.2) is 30.0 Å². The molecule has 1 aliphatic heterocycles. The van der Waals surface area contributed by atoms with Gasteiger partial charge in [0.05, 0.1) is 15.2 Å². The number of aromatic nitrogens is 1. The Balaban J connectivity index is 0.000001000. The number of likely N-dealkylation sites (tertiary alicyclic amines) is 1. The minimum absolute atomic E-state index is 0. The second-order valence-electron chi connectivity index (χ2n) is 5.17. The molecule has 0 aliphatic carbocycles. The molecule has 1 aromatic heterocycles. The molecule has 1 aromatic carbocycles. The molecule has 0 saturated carbocycles. The molecule has 0 spiro atoms. The number of nitrogens with zero attached hydrogens (tertiary/aromatic N) is 2. The molecule has 1 aliphatic rings. The summed E-state index contributed by atoms with van der Waals surface area (Å²) in [7, 11) is 2.21. The third kappa shape index (κ3) is 4.02. The molecule has 0 N–H and O–H groups in total. The Bertz CT molecular complexity index is 555. The van der Waals surface area contributed by atoms with Gasteiger partial charge in [-0.2, -0.15) is 0 Å². The molecule has 0 amide bonds. The predicted molar refractivity (Wildman–Crippen MR) is 82.4 cm³/mol. The molecule has 2 aromatic rings. The second-order valence-corrected chi connectivity index (χ2v) is 7.20. The van der Waals surface area contributed by atoms with E-state index in [1.54, 1.807) is 0 Å². The first kappa shape index (κ1) is 15.9. The van der Waals surface area contributed by atoms with Gasteiger partial charge in [0.25, 0.3) is 0 Å². The van der Waals surface area contributed by atoms with Crippen LogP contribution in [0.2, 0.25) is 0 Å². The van der Waals surface area contributed by atoms with Gasteiger partial charge < -0.3 is 6.33 Å². The summed E-state index contributed by atoms with van der Waals surface area (Å²) >= 11 is 5.36. The molecule has 3 rings (SSSR count). The smallest absolute Gasteiger partial charge is 1.00 e. The number of benzene rings is 1. The van der Waals surface area contributed by atoms with Gasteiger partial charge in [0.15, 0.2) is 0 Å². The van der Waals surface area contributed by atoms with E-state index in [9.17, 15) is 0 Å². The maximum absolute atomic E-state index is 4.76. The molecular weight excluding hydrogens is 331 g/mol. The molecule has 2 heterocycles. The van der Waals surface area contributed by atoms with Gasteiger partial charge in [-0.3, -0.25) is 0 Å². The van der Waals surface area contributed by atoms with Crippen molar-refractivity contribution in [3.63, 3.8) is 0 Å². The van der Waals surface area contributed by atoms with Crippen LogP contribution in [0, 0.1) is 5.92 Å². The molecule has 0 atom stereocenters. The minimum atomic E-state index is 0. The van der Waals surface area contributed by atoms with Gasteiger partial charge >= 0.3 is 29.6 Å². The average molecular weight is 349 g/mol. The third-order valence-corrected chi connectivity index (χ3v) is 5.25. The quantitative estimate of drug-likeness (QED) is 0.754. The summed E-state index contributed by atoms with van der Waals surface area (Å²) in [6, 6.07) is 6.37. The van der Waals surface area contributed by atoms with Crippen molar-refractivity contribution in [2.75, 3.05) is 20.1 Å². The van der Waals surface area contributed by atoms with Crippen molar-refractivity contribution in [2.45, 2.75) is 19.3 Å². The fourth-order valence-corrected chi connectivity index (χ4v) is 3.96. The minimum Gasteiger partial charge on any atom is -1.00 e. The largest absolute Gasteiger partial charge is 1.00 e. The van der Waals surface area contributed by atoms with Crippen LogP contribution in [0.3, 0.4) is 0 Å². The molecule has 1 fully saturated rings. The van der Waals surface area contributed by atoms with E-state index in [2.05, 4.69) is 46.1 Å². The van der Waals surface area contributed by atoms with Gasteiger partial charge in [-0.15, -0.1) is 11.3 Å². The van der Waals surface area contributed by atoms with Crippen LogP contribution in [0.1, 0.15) is 19.3 Å². The van der Waals surface area contributed by atoms with Crippen molar-refractivity contribution in [1.82, 2.24) is 9.88 Å². The first-order chi connectivity index (χ1) is 8.70. The maximum atomic E-state index is 4.76. The molecule has 0 unspecified atom stereocenters. The van der Waals surface area contributed by atoms with Crippen LogP contribution in [0.5, 0.6) is 0 Å². The molecule has 5 heteroatoms. The van der Waals surface area contributed by atoms with E-state index in [0.29, 0.717) is 0 Å². The van der Waals surface area contributed by atoms with Gasteiger partial charge in [0.2, 0.25) is 0 Å². The van der Waals surface area contributed by atoms with E-state index in [4.69, 9.17) is 4.98 Å². The molecule has 0 bridgehead atoms. The van der Waals surface area contributed by atoms with E-state index >= 15 is 0 Å². The van der Waals surface area contributed by atoms with Crippen LogP contribution in [0.4, 0.5) is 0 Å². The van der Waals surface area contributed by atoms with Gasteiger partial charge in [-0.05, 0) is 57.1 Å². The van der Waals surface area contributed by atoms with Crippen molar-refractivity contribution in [2.24, 2.45) is 5.92 Å². The van der Waals surface area contributed by atoms with Gasteiger partial charge in [0, 0.05) is 10.9 Å². The Morgan fingerprint density at radius 3 is 2.89 bits per heavy atom. The van der Waals surface area contributed by atoms with E-state index < -0.39 is 0 Å². The number of hydrogen-bond donors (Lipinski definition) is 0. The first-order valence-corrected chi connectivity index (χ1v) is 8.05. The van der Waals surface area contributed by atoms with E-state index in [0.717, 1.165) is 22.3 Å². The summed E-state index contributed by atoms with van der Waals surface area (Å²) in [5.41, 5.74) is 1.14. The summed E-state index contributed by atoms with van der Waals surface area (Å²) in [5.74, 6) is 0.824. The summed E-state index contributed by atoms with van der Waals surface area (Å²) in [5, 5.41) is 1.30. The van der Waals surface area contributed by atoms with Crippen LogP contribution in [0.15, 0.2) is 22.7 Å². The van der Waals surface area contributed by atoms with Crippen molar-refractivity contribution < 1.29 is 31.0 Å². The monoisotopic (exact) mass is 348 g/mol. The summed E-state index contributed by atoms with van der Waals surface area (Å²) in [4.78, 5) is 7.18. The van der Waals surface area contributed by atoms with E-state index in [-0.39, 0.29) is 31.0 Å². The Labute approximate surface area is 150 Å². The van der Waals surface area contributed by atoms with Crippen LogP contribution in [-0.2, 0) is 6.42 Å². The fraction of sp³-hybridized carbons (Fsp3) is 0.500. The predicted octanol–water partition coefficient (Wildman–Crippen LogP) is 1.06. The molecule has 19 heavy (non-hydrogen) atoms. The zero-order valence-corrected chi connectivity index (χ0v) is 15.9. The van der Waals surface area contributed by atoms with Crippen LogP contribution in [0.25, 0.3) is 10.2 Å². The van der Waals surface area contributed by atoms with Gasteiger partial charge in [-0.1, -0.05) is 15.9 Å². The fourth-order valence-electron chi connectivity index (χ4n) is 2.55. The van der Waals surface area contributed by atoms with Gasteiger partial charge in [-0.25, -0.2) is 4.98 Å². The van der Waals surface area contributed by atoms with E-state index in [1.807, 2.05) is 11.3 Å². The van der Waals surface area contributed by atoms with Crippen molar-refractivity contribution in [3.05, 3.63) is 27.7 Å². The Kier molecular flexibility index (Phi) is 5.88. The van der Waals surface area contributed by atoms with E-state index in [1.165, 1.54) is 35.6 Å². The van der Waals surface area contributed by atoms with Crippen molar-refractivity contribution in [1.29, 1.82) is 0 Å². The summed E-state index contributed by atoms with van der Waals surface area (Å²) in [6.45, 7) is 2.47. The molecule has 1 saturated heterocycles. The van der Waals surface area contributed by atoms with Gasteiger partial charge in [0.1, 0.15) is 0 Å². The summed E-state index contributed by atoms with van der Waals surface area (Å²) in [6.07, 6.45) is 3.79. The number of thiazole rings is 1. The zero-order chi connectivity index (χ0) is 12.5. The second kappa shape index (κ2) is 7.01. The van der Waals surface area contributed by atoms with Crippen molar-refractivity contribution >= 4 is 37.5 Å². The van der Waals surface area contributed by atoms with Crippen molar-refractivity contribution in [3.8, 4) is 0 Å². The Morgan fingerprint density at radius 2 is 2.16 bits per heavy atom. The maximum Gasteiger partial charge on any atom is 1.00 e.